The van der Waals surface area contributed by atoms with Crippen molar-refractivity contribution in [2.24, 2.45) is 0 Å². The maximum atomic E-state index is 13.3. The molecule has 2 amide bonds. The Morgan fingerprint density at radius 2 is 1.84 bits per heavy atom. The molecule has 1 aliphatic heterocycles. The van der Waals surface area contributed by atoms with E-state index < -0.39 is 22.6 Å². The molecule has 0 spiro atoms. The van der Waals surface area contributed by atoms with Crippen LogP contribution >= 0.6 is 0 Å². The summed E-state index contributed by atoms with van der Waals surface area (Å²) in [5.74, 6) is -0.0485. The van der Waals surface area contributed by atoms with Crippen molar-refractivity contribution in [3.8, 4) is 0 Å². The quantitative estimate of drug-likeness (QED) is 0.555. The minimum atomic E-state index is -1.62. The number of carboxylic acid groups (broad SMARTS) is 1. The van der Waals surface area contributed by atoms with Crippen LogP contribution < -0.4 is 14.5 Å². The zero-order valence-corrected chi connectivity index (χ0v) is 19.2. The van der Waals surface area contributed by atoms with Crippen molar-refractivity contribution in [2.75, 3.05) is 21.1 Å². The Morgan fingerprint density at radius 1 is 1.12 bits per heavy atom. The number of amides is 2. The van der Waals surface area contributed by atoms with Gasteiger partial charge in [0.15, 0.2) is 11.0 Å². The summed E-state index contributed by atoms with van der Waals surface area (Å²) in [5.41, 5.74) is 1.82. The first kappa shape index (κ1) is 21.8. The van der Waals surface area contributed by atoms with Crippen LogP contribution in [0.1, 0.15) is 38.1 Å². The summed E-state index contributed by atoms with van der Waals surface area (Å²) in [6.45, 7) is 7.92. The van der Waals surface area contributed by atoms with E-state index in [1.807, 2.05) is 39.8 Å². The highest BCUT2D eigenvalue weighted by Gasteiger charge is 2.30. The predicted molar refractivity (Wildman–Crippen MR) is 128 cm³/mol. The molecule has 0 saturated heterocycles. The fourth-order valence-corrected chi connectivity index (χ4v) is 5.16. The van der Waals surface area contributed by atoms with Crippen LogP contribution in [-0.2, 0) is 11.0 Å². The van der Waals surface area contributed by atoms with Crippen LogP contribution in [0, 0.1) is 0 Å². The van der Waals surface area contributed by atoms with Gasteiger partial charge in [-0.2, -0.15) is 0 Å². The molecule has 1 unspecified atom stereocenters. The van der Waals surface area contributed by atoms with Gasteiger partial charge in [-0.1, -0.05) is 18.2 Å². The third kappa shape index (κ3) is 3.60. The van der Waals surface area contributed by atoms with Gasteiger partial charge in [0.25, 0.3) is 5.91 Å². The van der Waals surface area contributed by atoms with Crippen LogP contribution in [0.25, 0.3) is 10.8 Å². The second-order valence-electron chi connectivity index (χ2n) is 8.57. The van der Waals surface area contributed by atoms with Crippen molar-refractivity contribution in [3.63, 3.8) is 0 Å². The maximum absolute atomic E-state index is 13.3. The molecule has 3 aromatic rings. The van der Waals surface area contributed by atoms with Crippen LogP contribution in [0.5, 0.6) is 0 Å². The van der Waals surface area contributed by atoms with E-state index in [1.165, 1.54) is 4.90 Å². The molecule has 1 aliphatic rings. The fourth-order valence-electron chi connectivity index (χ4n) is 4.15. The van der Waals surface area contributed by atoms with Gasteiger partial charge in [0, 0.05) is 39.8 Å². The van der Waals surface area contributed by atoms with Gasteiger partial charge in [-0.05, 0) is 64.1 Å². The number of benzene rings is 3. The summed E-state index contributed by atoms with van der Waals surface area (Å²) in [5, 5.41) is 11.2. The van der Waals surface area contributed by atoms with Crippen LogP contribution in [0.3, 0.4) is 0 Å². The second kappa shape index (κ2) is 7.94. The molecule has 8 heteroatoms. The molecule has 1 atom stereocenters. The molecule has 166 valence electrons. The van der Waals surface area contributed by atoms with Gasteiger partial charge in [0.05, 0.1) is 10.6 Å². The summed E-state index contributed by atoms with van der Waals surface area (Å²) in [6.07, 6.45) is -1.06. The number of nitrogens with one attached hydrogen (secondary N) is 1. The van der Waals surface area contributed by atoms with Crippen LogP contribution in [0.2, 0.25) is 0 Å². The molecule has 0 radical (unpaired) electrons. The number of nitrogens with zero attached hydrogens (tertiary/aromatic N) is 2. The lowest BCUT2D eigenvalue weighted by Crippen LogP contribution is -2.45. The largest absolute Gasteiger partial charge is 0.465 e. The Morgan fingerprint density at radius 3 is 2.50 bits per heavy atom. The zero-order valence-electron chi connectivity index (χ0n) is 18.4. The van der Waals surface area contributed by atoms with Gasteiger partial charge in [0.1, 0.15) is 0 Å². The molecule has 2 N–H and O–H groups in total. The van der Waals surface area contributed by atoms with Crippen molar-refractivity contribution in [1.82, 2.24) is 0 Å². The smallest absolute Gasteiger partial charge is 0.412 e. The van der Waals surface area contributed by atoms with Crippen LogP contribution in [0.4, 0.5) is 21.9 Å². The molecule has 0 fully saturated rings. The van der Waals surface area contributed by atoms with Gasteiger partial charge >= 0.3 is 6.09 Å². The van der Waals surface area contributed by atoms with E-state index in [1.54, 1.807) is 47.4 Å². The molecular weight excluding hydrogens is 426 g/mol. The Labute approximate surface area is 189 Å². The Bertz CT molecular complexity index is 1270. The third-order valence-corrected chi connectivity index (χ3v) is 6.61. The minimum absolute atomic E-state index is 0.0485. The van der Waals surface area contributed by atoms with Crippen LogP contribution in [-0.4, -0.2) is 33.4 Å². The summed E-state index contributed by atoms with van der Waals surface area (Å²) in [4.78, 5) is 28.1. The van der Waals surface area contributed by atoms with E-state index in [2.05, 4.69) is 4.72 Å². The lowest BCUT2D eigenvalue weighted by atomic mass is 10.1. The molecular formula is C24H25N3O4S. The average Bonchev–Trinajstić information content (AvgIpc) is 3.00. The number of hydrogen-bond acceptors (Lipinski definition) is 3. The summed E-state index contributed by atoms with van der Waals surface area (Å²) in [7, 11) is -1.62. The lowest BCUT2D eigenvalue weighted by molar-refractivity contribution is 0.0994. The highest BCUT2D eigenvalue weighted by Crippen LogP contribution is 2.39. The first-order valence-corrected chi connectivity index (χ1v) is 11.5. The third-order valence-electron chi connectivity index (χ3n) is 5.44. The Balaban J connectivity index is 1.70. The highest BCUT2D eigenvalue weighted by molar-refractivity contribution is 7.86. The average molecular weight is 452 g/mol. The number of carbonyl (C=O) groups is 2. The van der Waals surface area contributed by atoms with E-state index in [-0.39, 0.29) is 5.91 Å². The topological polar surface area (TPSA) is 90.0 Å². The predicted octanol–water partition coefficient (Wildman–Crippen LogP) is 5.24. The van der Waals surface area contributed by atoms with E-state index >= 15 is 0 Å². The second-order valence-corrected chi connectivity index (χ2v) is 9.75. The summed E-state index contributed by atoms with van der Waals surface area (Å²) < 4.78 is 16.3. The van der Waals surface area contributed by atoms with Gasteiger partial charge in [0.2, 0.25) is 0 Å². The van der Waals surface area contributed by atoms with E-state index in [9.17, 15) is 18.9 Å². The van der Waals surface area contributed by atoms with Gasteiger partial charge < -0.3 is 14.7 Å². The maximum Gasteiger partial charge on any atom is 0.412 e. The molecule has 7 nitrogen and oxygen atoms in total. The zero-order chi connectivity index (χ0) is 23.2. The van der Waals surface area contributed by atoms with Crippen molar-refractivity contribution in [2.45, 2.75) is 38.1 Å². The monoisotopic (exact) mass is 451 g/mol. The van der Waals surface area contributed by atoms with Crippen molar-refractivity contribution >= 4 is 50.8 Å². The molecule has 3 aromatic carbocycles. The molecule has 32 heavy (non-hydrogen) atoms. The summed E-state index contributed by atoms with van der Waals surface area (Å²) in [6, 6.07) is 15.9. The summed E-state index contributed by atoms with van der Waals surface area (Å²) >= 11 is 0. The number of carbonyl (C=O) groups excluding carboxylic acids is 1. The lowest BCUT2D eigenvalue weighted by Gasteiger charge is -2.33. The molecule has 0 saturated carbocycles. The first-order valence-electron chi connectivity index (χ1n) is 10.3. The molecule has 0 aromatic heterocycles. The number of anilines is 3. The van der Waals surface area contributed by atoms with Crippen molar-refractivity contribution < 1.29 is 18.9 Å². The van der Waals surface area contributed by atoms with Crippen LogP contribution in [0.15, 0.2) is 59.5 Å². The van der Waals surface area contributed by atoms with E-state index in [0.29, 0.717) is 28.4 Å². The van der Waals surface area contributed by atoms with Gasteiger partial charge in [-0.3, -0.25) is 9.69 Å². The Kier molecular flexibility index (Phi) is 5.42. The van der Waals surface area contributed by atoms with Crippen molar-refractivity contribution in [3.05, 3.63) is 60.2 Å². The molecule has 0 bridgehead atoms. The molecule has 0 aliphatic carbocycles. The van der Waals surface area contributed by atoms with Crippen molar-refractivity contribution in [1.29, 1.82) is 0 Å². The Hall–Kier alpha value is -3.39. The minimum Gasteiger partial charge on any atom is -0.465 e. The molecule has 1 heterocycles. The number of rotatable bonds is 5. The van der Waals surface area contributed by atoms with E-state index in [4.69, 9.17) is 0 Å². The van der Waals surface area contributed by atoms with Gasteiger partial charge in [-0.25, -0.2) is 9.00 Å². The van der Waals surface area contributed by atoms with E-state index in [0.717, 1.165) is 16.5 Å². The molecule has 4 rings (SSSR count). The standard InChI is InChI=1S/C24H25N3O4S/c1-5-26-19-12-13-20(17-10-7-11-18(21(17)19)22(26)28)32(31)25-15-8-6-9-16(14-15)27(23(29)30)24(2,3)4/h6-14,25H,5H2,1-4H3,(H,29,30). The highest BCUT2D eigenvalue weighted by atomic mass is 32.2. The SMILES string of the molecule is CCN1C(=O)c2cccc3c(S(=O)Nc4cccc(N(C(=O)O)C(C)(C)C)c4)ccc1c23. The first-order chi connectivity index (χ1) is 15.1. The number of hydrogen-bond donors (Lipinski definition) is 2. The normalized spacial score (nSPS) is 14.0. The van der Waals surface area contributed by atoms with Gasteiger partial charge in [-0.15, -0.1) is 0 Å². The fraction of sp³-hybridized carbons (Fsp3) is 0.250.